The van der Waals surface area contributed by atoms with Crippen LogP contribution in [0.2, 0.25) is 5.02 Å². The molecule has 0 saturated carbocycles. The predicted molar refractivity (Wildman–Crippen MR) is 95.3 cm³/mol. The Morgan fingerprint density at radius 3 is 2.48 bits per heavy atom. The van der Waals surface area contributed by atoms with Crippen molar-refractivity contribution in [1.29, 1.82) is 0 Å². The summed E-state index contributed by atoms with van der Waals surface area (Å²) in [5.74, 6) is -1.11. The Labute approximate surface area is 149 Å². The van der Waals surface area contributed by atoms with Crippen molar-refractivity contribution in [3.63, 3.8) is 0 Å². The van der Waals surface area contributed by atoms with E-state index in [2.05, 4.69) is 0 Å². The van der Waals surface area contributed by atoms with Crippen molar-refractivity contribution < 1.29 is 14.4 Å². The molecule has 5 nitrogen and oxygen atoms in total. The van der Waals surface area contributed by atoms with Crippen molar-refractivity contribution in [1.82, 2.24) is 0 Å². The molecular weight excluding hydrogens is 340 g/mol. The largest absolute Gasteiger partial charge is 0.311 e. The molecule has 2 aliphatic rings. The Balaban J connectivity index is 1.85. The van der Waals surface area contributed by atoms with Crippen molar-refractivity contribution in [2.45, 2.75) is 6.42 Å². The molecule has 0 bridgehead atoms. The van der Waals surface area contributed by atoms with Gasteiger partial charge in [-0.2, -0.15) is 0 Å². The van der Waals surface area contributed by atoms with E-state index in [0.717, 1.165) is 10.6 Å². The van der Waals surface area contributed by atoms with Gasteiger partial charge in [0.25, 0.3) is 11.8 Å². The lowest BCUT2D eigenvalue weighted by molar-refractivity contribution is -0.121. The van der Waals surface area contributed by atoms with Crippen molar-refractivity contribution in [2.24, 2.45) is 0 Å². The highest BCUT2D eigenvalue weighted by molar-refractivity contribution is 6.41. The van der Waals surface area contributed by atoms with Gasteiger partial charge in [0.05, 0.1) is 23.4 Å². The van der Waals surface area contributed by atoms with E-state index in [9.17, 15) is 14.4 Å². The van der Waals surface area contributed by atoms with Crippen molar-refractivity contribution >= 4 is 46.3 Å². The lowest BCUT2D eigenvalue weighted by atomic mass is 10.00. The maximum Gasteiger partial charge on any atom is 0.262 e. The predicted octanol–water partition coefficient (Wildman–Crippen LogP) is 3.03. The first-order valence-corrected chi connectivity index (χ1v) is 8.10. The number of carbonyl (C=O) groups is 3. The number of benzene rings is 2. The van der Waals surface area contributed by atoms with Gasteiger partial charge in [-0.15, -0.1) is 0 Å². The van der Waals surface area contributed by atoms with Crippen LogP contribution in [0.4, 0.5) is 11.4 Å². The Bertz CT molecular complexity index is 980. The molecule has 6 heteroatoms. The first-order valence-electron chi connectivity index (χ1n) is 7.72. The smallest absolute Gasteiger partial charge is 0.262 e. The summed E-state index contributed by atoms with van der Waals surface area (Å²) in [5.41, 5.74) is 2.36. The molecule has 25 heavy (non-hydrogen) atoms. The number of nitrogens with zero attached hydrogens (tertiary/aromatic N) is 2. The van der Waals surface area contributed by atoms with E-state index in [-0.39, 0.29) is 23.8 Å². The van der Waals surface area contributed by atoms with Crippen LogP contribution in [0.1, 0.15) is 12.0 Å². The monoisotopic (exact) mass is 352 g/mol. The first kappa shape index (κ1) is 15.6. The summed E-state index contributed by atoms with van der Waals surface area (Å²) in [6.45, 7) is 0. The number of rotatable bonds is 1. The van der Waals surface area contributed by atoms with E-state index >= 15 is 0 Å². The normalized spacial score (nSPS) is 19.8. The fraction of sp³-hybridized carbons (Fsp3) is 0.105. The molecule has 4 rings (SSSR count). The molecule has 0 radical (unpaired) electrons. The molecule has 124 valence electrons. The summed E-state index contributed by atoms with van der Waals surface area (Å²) in [6.07, 6.45) is -0.103. The van der Waals surface area contributed by atoms with Crippen molar-refractivity contribution in [2.75, 3.05) is 16.8 Å². The van der Waals surface area contributed by atoms with Crippen molar-refractivity contribution in [3.8, 4) is 0 Å². The Kier molecular flexibility index (Phi) is 3.47. The number of halogens is 1. The van der Waals surface area contributed by atoms with Gasteiger partial charge in [0, 0.05) is 23.2 Å². The maximum atomic E-state index is 12.9. The minimum absolute atomic E-state index is 0.103. The number of hydrogen-bond acceptors (Lipinski definition) is 3. The van der Waals surface area contributed by atoms with E-state index in [0.29, 0.717) is 21.8 Å². The van der Waals surface area contributed by atoms with Crippen LogP contribution in [0.5, 0.6) is 0 Å². The number of carbonyl (C=O) groups excluding carboxylic acids is 3. The van der Waals surface area contributed by atoms with E-state index in [1.165, 1.54) is 4.90 Å². The van der Waals surface area contributed by atoms with Gasteiger partial charge in [-0.3, -0.25) is 14.4 Å². The maximum absolute atomic E-state index is 12.9. The van der Waals surface area contributed by atoms with Crippen molar-refractivity contribution in [3.05, 3.63) is 64.7 Å². The Morgan fingerprint density at radius 2 is 1.72 bits per heavy atom. The molecule has 0 aromatic heterocycles. The van der Waals surface area contributed by atoms with Crippen LogP contribution in [-0.4, -0.2) is 24.8 Å². The highest BCUT2D eigenvalue weighted by Gasteiger charge is 2.42. The summed E-state index contributed by atoms with van der Waals surface area (Å²) in [6, 6.07) is 13.8. The number of imide groups is 1. The fourth-order valence-corrected chi connectivity index (χ4v) is 3.47. The minimum Gasteiger partial charge on any atom is -0.311 e. The average molecular weight is 353 g/mol. The van der Waals surface area contributed by atoms with Crippen LogP contribution < -0.4 is 9.80 Å². The molecule has 2 aliphatic heterocycles. The van der Waals surface area contributed by atoms with Crippen LogP contribution in [0.15, 0.2) is 54.1 Å². The third-order valence-corrected chi connectivity index (χ3v) is 4.70. The molecule has 0 atom stereocenters. The molecule has 0 aliphatic carbocycles. The molecule has 1 saturated heterocycles. The third kappa shape index (κ3) is 2.27. The molecule has 0 unspecified atom stereocenters. The summed E-state index contributed by atoms with van der Waals surface area (Å²) < 4.78 is 0. The number of fused-ring (bicyclic) bond motifs is 1. The standard InChI is InChI=1S/C19H13ClN2O3/c1-21-15-8-3-2-7-13(15)17(19(21)25)14-10-16(23)22(18(14)24)12-6-4-5-11(20)9-12/h2-9H,10H2,1H3. The lowest BCUT2D eigenvalue weighted by Gasteiger charge is -2.13. The molecule has 2 aromatic carbocycles. The summed E-state index contributed by atoms with van der Waals surface area (Å²) in [4.78, 5) is 40.6. The van der Waals surface area contributed by atoms with Crippen LogP contribution in [0.25, 0.3) is 5.57 Å². The van der Waals surface area contributed by atoms with E-state index in [1.807, 2.05) is 18.2 Å². The van der Waals surface area contributed by atoms with Gasteiger partial charge in [-0.1, -0.05) is 35.9 Å². The van der Waals surface area contributed by atoms with E-state index in [4.69, 9.17) is 11.6 Å². The minimum atomic E-state index is -0.472. The van der Waals surface area contributed by atoms with Gasteiger partial charge in [0.15, 0.2) is 0 Å². The second-order valence-corrected chi connectivity index (χ2v) is 6.36. The number of amides is 3. The molecule has 2 heterocycles. The number of likely N-dealkylation sites (N-methyl/N-ethyl adjacent to an activating group) is 1. The number of anilines is 2. The lowest BCUT2D eigenvalue weighted by Crippen LogP contribution is -2.29. The van der Waals surface area contributed by atoms with E-state index < -0.39 is 5.91 Å². The van der Waals surface area contributed by atoms with E-state index in [1.54, 1.807) is 37.4 Å². The average Bonchev–Trinajstić information content (AvgIpc) is 3.02. The second-order valence-electron chi connectivity index (χ2n) is 5.93. The van der Waals surface area contributed by atoms with Crippen LogP contribution in [-0.2, 0) is 14.4 Å². The zero-order valence-electron chi connectivity index (χ0n) is 13.3. The highest BCUT2D eigenvalue weighted by Crippen LogP contribution is 2.40. The molecule has 1 fully saturated rings. The summed E-state index contributed by atoms with van der Waals surface area (Å²) >= 11 is 5.97. The first-order chi connectivity index (χ1) is 12.0. The number of para-hydroxylation sites is 1. The van der Waals surface area contributed by atoms with Gasteiger partial charge < -0.3 is 4.90 Å². The SMILES string of the molecule is CN1C(=O)C(=C2CC(=O)N(c3cccc(Cl)c3)C2=O)c2ccccc21. The second kappa shape index (κ2) is 5.57. The molecule has 0 N–H and O–H groups in total. The molecule has 2 aromatic rings. The molecular formula is C19H13ClN2O3. The number of hydrogen-bond donors (Lipinski definition) is 0. The summed E-state index contributed by atoms with van der Waals surface area (Å²) in [5, 5.41) is 0.432. The van der Waals surface area contributed by atoms with Crippen LogP contribution in [0, 0.1) is 0 Å². The van der Waals surface area contributed by atoms with Gasteiger partial charge in [-0.25, -0.2) is 4.90 Å². The topological polar surface area (TPSA) is 57.7 Å². The molecule has 0 spiro atoms. The van der Waals surface area contributed by atoms with Gasteiger partial charge in [-0.05, 0) is 24.3 Å². The van der Waals surface area contributed by atoms with Crippen LogP contribution in [0.3, 0.4) is 0 Å². The quantitative estimate of drug-likeness (QED) is 0.585. The zero-order chi connectivity index (χ0) is 17.7. The summed E-state index contributed by atoms with van der Waals surface area (Å²) in [7, 11) is 1.66. The Hall–Kier alpha value is -2.92. The van der Waals surface area contributed by atoms with Gasteiger partial charge >= 0.3 is 0 Å². The third-order valence-electron chi connectivity index (χ3n) is 4.46. The van der Waals surface area contributed by atoms with Crippen LogP contribution >= 0.6 is 11.6 Å². The fourth-order valence-electron chi connectivity index (χ4n) is 3.29. The van der Waals surface area contributed by atoms with Gasteiger partial charge in [0.2, 0.25) is 5.91 Å². The Morgan fingerprint density at radius 1 is 0.960 bits per heavy atom. The van der Waals surface area contributed by atoms with Gasteiger partial charge in [0.1, 0.15) is 0 Å². The molecule has 3 amide bonds. The highest BCUT2D eigenvalue weighted by atomic mass is 35.5. The zero-order valence-corrected chi connectivity index (χ0v) is 14.1.